The molecule has 0 spiro atoms. The molecule has 1 amide bonds. The van der Waals surface area contributed by atoms with Gasteiger partial charge in [-0.3, -0.25) is 4.79 Å². The van der Waals surface area contributed by atoms with Gasteiger partial charge in [0.05, 0.1) is 6.21 Å². The molecule has 1 aromatic heterocycles. The highest BCUT2D eigenvalue weighted by molar-refractivity contribution is 6.33. The van der Waals surface area contributed by atoms with Crippen LogP contribution in [0.1, 0.15) is 21.6 Å². The summed E-state index contributed by atoms with van der Waals surface area (Å²) in [5.74, 6) is -0.212. The summed E-state index contributed by atoms with van der Waals surface area (Å²) in [6.07, 6.45) is 1.29. The Morgan fingerprint density at radius 1 is 1.10 bits per heavy atom. The number of halogens is 2. The van der Waals surface area contributed by atoms with Crippen molar-refractivity contribution in [1.82, 2.24) is 10.4 Å². The molecule has 0 unspecified atom stereocenters. The minimum absolute atomic E-state index is 0.322. The summed E-state index contributed by atoms with van der Waals surface area (Å²) in [6, 6.07) is 21.0. The molecule has 0 bridgehead atoms. The Morgan fingerprint density at radius 2 is 1.93 bits per heavy atom. The Hall–Kier alpha value is -3.64. The third kappa shape index (κ3) is 4.50. The number of ether oxygens (including phenoxy) is 1. The van der Waals surface area contributed by atoms with E-state index in [1.165, 1.54) is 24.4 Å². The third-order valence-corrected chi connectivity index (χ3v) is 4.78. The molecule has 0 atom stereocenters. The maximum Gasteiger partial charge on any atom is 0.287 e. The predicted octanol–water partition coefficient (Wildman–Crippen LogP) is 5.30. The van der Waals surface area contributed by atoms with E-state index in [0.29, 0.717) is 28.6 Å². The van der Waals surface area contributed by atoms with E-state index in [0.717, 1.165) is 16.5 Å². The zero-order chi connectivity index (χ0) is 20.9. The highest BCUT2D eigenvalue weighted by atomic mass is 35.5. The van der Waals surface area contributed by atoms with E-state index in [-0.39, 0.29) is 0 Å². The van der Waals surface area contributed by atoms with Crippen LogP contribution in [0.5, 0.6) is 5.75 Å². The molecule has 0 fully saturated rings. The molecule has 0 radical (unpaired) electrons. The molecule has 2 N–H and O–H groups in total. The van der Waals surface area contributed by atoms with Crippen LogP contribution in [0.2, 0.25) is 5.02 Å². The number of hydrazone groups is 1. The van der Waals surface area contributed by atoms with Crippen LogP contribution in [-0.4, -0.2) is 17.1 Å². The fourth-order valence-electron chi connectivity index (χ4n) is 2.95. The predicted molar refractivity (Wildman–Crippen MR) is 116 cm³/mol. The van der Waals surface area contributed by atoms with Crippen LogP contribution >= 0.6 is 11.6 Å². The van der Waals surface area contributed by atoms with E-state index in [1.807, 2.05) is 48.5 Å². The van der Waals surface area contributed by atoms with Crippen LogP contribution in [0.15, 0.2) is 77.9 Å². The van der Waals surface area contributed by atoms with Gasteiger partial charge in [0, 0.05) is 21.5 Å². The summed E-state index contributed by atoms with van der Waals surface area (Å²) in [5, 5.41) is 4.98. The molecular weight excluding hydrogens is 405 g/mol. The molecule has 150 valence electrons. The second kappa shape index (κ2) is 8.80. The third-order valence-electron chi connectivity index (χ3n) is 4.43. The summed E-state index contributed by atoms with van der Waals surface area (Å²) >= 11 is 5.98. The maximum absolute atomic E-state index is 13.3. The normalized spacial score (nSPS) is 11.1. The minimum atomic E-state index is -0.441. The molecule has 30 heavy (non-hydrogen) atoms. The lowest BCUT2D eigenvalue weighted by Gasteiger charge is -2.07. The topological polar surface area (TPSA) is 66.5 Å². The van der Waals surface area contributed by atoms with Crippen LogP contribution < -0.4 is 10.2 Å². The monoisotopic (exact) mass is 421 g/mol. The van der Waals surface area contributed by atoms with Crippen molar-refractivity contribution >= 4 is 34.6 Å². The number of aromatic amines is 1. The lowest BCUT2D eigenvalue weighted by molar-refractivity contribution is 0.0951. The summed E-state index contributed by atoms with van der Waals surface area (Å²) < 4.78 is 19.2. The van der Waals surface area contributed by atoms with E-state index in [4.69, 9.17) is 16.3 Å². The van der Waals surface area contributed by atoms with Crippen molar-refractivity contribution < 1.29 is 13.9 Å². The van der Waals surface area contributed by atoms with E-state index in [2.05, 4.69) is 15.5 Å². The molecule has 3 aromatic carbocycles. The van der Waals surface area contributed by atoms with Crippen molar-refractivity contribution in [3.8, 4) is 5.75 Å². The van der Waals surface area contributed by atoms with Crippen LogP contribution in [0.25, 0.3) is 10.9 Å². The van der Waals surface area contributed by atoms with Crippen LogP contribution in [0.3, 0.4) is 0 Å². The first-order valence-corrected chi connectivity index (χ1v) is 9.55. The summed E-state index contributed by atoms with van der Waals surface area (Å²) in [4.78, 5) is 15.5. The molecule has 5 nitrogen and oxygen atoms in total. The van der Waals surface area contributed by atoms with Crippen molar-refractivity contribution in [3.63, 3.8) is 0 Å². The molecule has 7 heteroatoms. The molecule has 0 aliphatic rings. The molecule has 0 aliphatic carbocycles. The summed E-state index contributed by atoms with van der Waals surface area (Å²) in [5.41, 5.74) is 4.91. The van der Waals surface area contributed by atoms with Crippen molar-refractivity contribution in [2.24, 2.45) is 5.10 Å². The quantitative estimate of drug-likeness (QED) is 0.327. The van der Waals surface area contributed by atoms with Crippen molar-refractivity contribution in [1.29, 1.82) is 0 Å². The number of carbonyl (C=O) groups is 1. The SMILES string of the molecule is O=C(N/N=C/c1cc(F)ccc1Cl)c1cc2c(OCc3ccccc3)cccc2[nH]1. The number of fused-ring (bicyclic) bond motifs is 1. The number of aromatic nitrogens is 1. The van der Waals surface area contributed by atoms with E-state index < -0.39 is 11.7 Å². The standard InChI is InChI=1S/C23H17ClFN3O2/c24-19-10-9-17(25)11-16(19)13-26-28-23(29)21-12-18-20(27-21)7-4-8-22(18)30-14-15-5-2-1-3-6-15/h1-13,27H,14H2,(H,28,29)/b26-13+. The van der Waals surface area contributed by atoms with Crippen LogP contribution in [0, 0.1) is 5.82 Å². The average Bonchev–Trinajstić information content (AvgIpc) is 3.20. The van der Waals surface area contributed by atoms with Gasteiger partial charge < -0.3 is 9.72 Å². The Morgan fingerprint density at radius 3 is 2.77 bits per heavy atom. The molecule has 0 saturated heterocycles. The van der Waals surface area contributed by atoms with Gasteiger partial charge in [-0.25, -0.2) is 9.82 Å². The smallest absolute Gasteiger partial charge is 0.287 e. The molecule has 4 rings (SSSR count). The molecule has 1 heterocycles. The van der Waals surface area contributed by atoms with Gasteiger partial charge in [0.1, 0.15) is 23.9 Å². The largest absolute Gasteiger partial charge is 0.488 e. The van der Waals surface area contributed by atoms with Gasteiger partial charge in [-0.1, -0.05) is 48.0 Å². The molecule has 4 aromatic rings. The number of hydrogen-bond donors (Lipinski definition) is 2. The average molecular weight is 422 g/mol. The number of amides is 1. The second-order valence-corrected chi connectivity index (χ2v) is 6.95. The lowest BCUT2D eigenvalue weighted by atomic mass is 10.2. The highest BCUT2D eigenvalue weighted by Crippen LogP contribution is 2.27. The van der Waals surface area contributed by atoms with Crippen LogP contribution in [0.4, 0.5) is 4.39 Å². The fourth-order valence-corrected chi connectivity index (χ4v) is 3.11. The number of nitrogens with zero attached hydrogens (tertiary/aromatic N) is 1. The number of hydrogen-bond acceptors (Lipinski definition) is 3. The van der Waals surface area contributed by atoms with E-state index in [1.54, 1.807) is 6.07 Å². The Labute approximate surface area is 177 Å². The second-order valence-electron chi connectivity index (χ2n) is 6.54. The van der Waals surface area contributed by atoms with E-state index in [9.17, 15) is 9.18 Å². The highest BCUT2D eigenvalue weighted by Gasteiger charge is 2.12. The molecule has 0 saturated carbocycles. The van der Waals surface area contributed by atoms with Gasteiger partial charge in [-0.05, 0) is 42.0 Å². The number of nitrogens with one attached hydrogen (secondary N) is 2. The molecule has 0 aliphatic heterocycles. The van der Waals surface area contributed by atoms with Crippen molar-refractivity contribution in [2.45, 2.75) is 6.61 Å². The summed E-state index contributed by atoms with van der Waals surface area (Å²) in [6.45, 7) is 0.422. The van der Waals surface area contributed by atoms with Crippen LogP contribution in [-0.2, 0) is 6.61 Å². The minimum Gasteiger partial charge on any atom is -0.488 e. The lowest BCUT2D eigenvalue weighted by Crippen LogP contribution is -2.17. The number of rotatable bonds is 6. The van der Waals surface area contributed by atoms with Gasteiger partial charge in [-0.15, -0.1) is 0 Å². The Bertz CT molecular complexity index is 1220. The zero-order valence-corrected chi connectivity index (χ0v) is 16.5. The number of H-pyrrole nitrogens is 1. The Balaban J connectivity index is 1.48. The zero-order valence-electron chi connectivity index (χ0n) is 15.7. The first kappa shape index (κ1) is 19.7. The Kier molecular flexibility index (Phi) is 5.77. The number of carbonyl (C=O) groups excluding carboxylic acids is 1. The number of benzene rings is 3. The van der Waals surface area contributed by atoms with E-state index >= 15 is 0 Å². The van der Waals surface area contributed by atoms with Gasteiger partial charge >= 0.3 is 0 Å². The van der Waals surface area contributed by atoms with Gasteiger partial charge in [0.25, 0.3) is 5.91 Å². The van der Waals surface area contributed by atoms with Crippen molar-refractivity contribution in [3.05, 3.63) is 100 Å². The summed E-state index contributed by atoms with van der Waals surface area (Å²) in [7, 11) is 0. The van der Waals surface area contributed by atoms with Gasteiger partial charge in [0.15, 0.2) is 0 Å². The molecular formula is C23H17ClFN3O2. The van der Waals surface area contributed by atoms with Crippen molar-refractivity contribution in [2.75, 3.05) is 0 Å². The first-order chi connectivity index (χ1) is 14.6. The van der Waals surface area contributed by atoms with Gasteiger partial charge in [0.2, 0.25) is 0 Å². The maximum atomic E-state index is 13.3. The first-order valence-electron chi connectivity index (χ1n) is 9.17. The fraction of sp³-hybridized carbons (Fsp3) is 0.0435. The van der Waals surface area contributed by atoms with Gasteiger partial charge in [-0.2, -0.15) is 5.10 Å².